The zero-order chi connectivity index (χ0) is 9.94. The maximum atomic E-state index is 8.50. The van der Waals surface area contributed by atoms with Crippen molar-refractivity contribution in [3.63, 3.8) is 0 Å². The minimum atomic E-state index is 0.370. The van der Waals surface area contributed by atoms with E-state index >= 15 is 0 Å². The summed E-state index contributed by atoms with van der Waals surface area (Å²) in [4.78, 5) is 0. The Balaban J connectivity index is 3.28. The predicted octanol–water partition coefficient (Wildman–Crippen LogP) is 2.19. The highest BCUT2D eigenvalue weighted by Gasteiger charge is 2.02. The second-order valence-corrected chi connectivity index (χ2v) is 3.93. The average Bonchev–Trinajstić information content (AvgIpc) is 2.16. The van der Waals surface area contributed by atoms with Crippen LogP contribution in [0.1, 0.15) is 19.8 Å². The van der Waals surface area contributed by atoms with Gasteiger partial charge in [-0.3, -0.25) is 0 Å². The molecule has 74 valence electrons. The lowest BCUT2D eigenvalue weighted by Crippen LogP contribution is -2.29. The molecule has 0 bridgehead atoms. The van der Waals surface area contributed by atoms with Crippen LogP contribution in [0.3, 0.4) is 0 Å². The maximum absolute atomic E-state index is 8.50. The molecule has 0 rings (SSSR count). The van der Waals surface area contributed by atoms with E-state index in [1.165, 1.54) is 0 Å². The van der Waals surface area contributed by atoms with Gasteiger partial charge < -0.3 is 5.32 Å². The van der Waals surface area contributed by atoms with E-state index in [2.05, 4.69) is 24.9 Å². The van der Waals surface area contributed by atoms with Crippen molar-refractivity contribution < 1.29 is 0 Å². The molecule has 2 nitrogen and oxygen atoms in total. The van der Waals surface area contributed by atoms with Gasteiger partial charge in [0.05, 0.1) is 12.5 Å². The molecule has 13 heavy (non-hydrogen) atoms. The molecule has 0 radical (unpaired) electrons. The van der Waals surface area contributed by atoms with E-state index in [0.717, 1.165) is 24.5 Å². The minimum Gasteiger partial charge on any atom is -0.312 e. The number of rotatable bonds is 8. The SMILES string of the molecule is C=CCSCCNC(CC)CC#N. The summed E-state index contributed by atoms with van der Waals surface area (Å²) in [7, 11) is 0. The first-order valence-corrected chi connectivity index (χ1v) is 5.79. The zero-order valence-electron chi connectivity index (χ0n) is 8.25. The van der Waals surface area contributed by atoms with Gasteiger partial charge >= 0.3 is 0 Å². The molecule has 0 aromatic carbocycles. The van der Waals surface area contributed by atoms with Crippen LogP contribution in [0, 0.1) is 11.3 Å². The van der Waals surface area contributed by atoms with Gasteiger partial charge in [0.15, 0.2) is 0 Å². The van der Waals surface area contributed by atoms with E-state index in [1.54, 1.807) is 0 Å². The van der Waals surface area contributed by atoms with E-state index < -0.39 is 0 Å². The smallest absolute Gasteiger partial charge is 0.0638 e. The third kappa shape index (κ3) is 7.89. The zero-order valence-corrected chi connectivity index (χ0v) is 9.07. The van der Waals surface area contributed by atoms with Gasteiger partial charge in [-0.15, -0.1) is 6.58 Å². The fraction of sp³-hybridized carbons (Fsp3) is 0.700. The van der Waals surface area contributed by atoms with E-state index in [0.29, 0.717) is 12.5 Å². The molecule has 0 saturated carbocycles. The lowest BCUT2D eigenvalue weighted by atomic mass is 10.2. The van der Waals surface area contributed by atoms with Crippen LogP contribution < -0.4 is 5.32 Å². The molecule has 0 fully saturated rings. The monoisotopic (exact) mass is 198 g/mol. The maximum Gasteiger partial charge on any atom is 0.0638 e. The fourth-order valence-corrected chi connectivity index (χ4v) is 1.57. The van der Waals surface area contributed by atoms with Crippen molar-refractivity contribution >= 4 is 11.8 Å². The Morgan fingerprint density at radius 1 is 1.69 bits per heavy atom. The highest BCUT2D eigenvalue weighted by atomic mass is 32.2. The van der Waals surface area contributed by atoms with Crippen molar-refractivity contribution in [3.8, 4) is 6.07 Å². The Kier molecular flexibility index (Phi) is 9.29. The summed E-state index contributed by atoms with van der Waals surface area (Å²) in [5, 5.41) is 11.9. The molecule has 0 aliphatic rings. The topological polar surface area (TPSA) is 35.8 Å². The molecule has 0 aromatic rings. The second-order valence-electron chi connectivity index (χ2n) is 2.79. The fourth-order valence-electron chi connectivity index (χ4n) is 0.973. The second kappa shape index (κ2) is 9.63. The van der Waals surface area contributed by atoms with Gasteiger partial charge in [-0.2, -0.15) is 17.0 Å². The van der Waals surface area contributed by atoms with E-state index in [1.807, 2.05) is 17.8 Å². The van der Waals surface area contributed by atoms with Crippen molar-refractivity contribution in [1.82, 2.24) is 5.32 Å². The number of thioether (sulfide) groups is 1. The Bertz CT molecular complexity index is 163. The quantitative estimate of drug-likeness (QED) is 0.480. The standard InChI is InChI=1S/C10H18N2S/c1-3-8-13-9-7-12-10(4-2)5-6-11/h3,10,12H,1,4-5,7-9H2,2H3. The molecule has 0 heterocycles. The van der Waals surface area contributed by atoms with Crippen molar-refractivity contribution in [2.24, 2.45) is 0 Å². The van der Waals surface area contributed by atoms with Crippen LogP contribution in [0.15, 0.2) is 12.7 Å². The Hall–Kier alpha value is -0.460. The van der Waals surface area contributed by atoms with Crippen molar-refractivity contribution in [3.05, 3.63) is 12.7 Å². The van der Waals surface area contributed by atoms with Gasteiger partial charge in [0.2, 0.25) is 0 Å². The molecular weight excluding hydrogens is 180 g/mol. The van der Waals surface area contributed by atoms with Crippen LogP contribution in [-0.4, -0.2) is 24.1 Å². The largest absolute Gasteiger partial charge is 0.312 e. The molecule has 0 saturated heterocycles. The first-order valence-electron chi connectivity index (χ1n) is 4.64. The lowest BCUT2D eigenvalue weighted by Gasteiger charge is -2.12. The number of nitrogens with zero attached hydrogens (tertiary/aromatic N) is 1. The van der Waals surface area contributed by atoms with Crippen LogP contribution in [0.2, 0.25) is 0 Å². The average molecular weight is 198 g/mol. The normalized spacial score (nSPS) is 12.0. The summed E-state index contributed by atoms with van der Waals surface area (Å²) in [6, 6.07) is 2.56. The highest BCUT2D eigenvalue weighted by Crippen LogP contribution is 2.00. The van der Waals surface area contributed by atoms with Crippen molar-refractivity contribution in [2.45, 2.75) is 25.8 Å². The number of hydrogen-bond acceptors (Lipinski definition) is 3. The van der Waals surface area contributed by atoms with Gasteiger partial charge in [-0.25, -0.2) is 0 Å². The number of nitriles is 1. The molecular formula is C10H18N2S. The summed E-state index contributed by atoms with van der Waals surface area (Å²) in [5.74, 6) is 2.10. The van der Waals surface area contributed by atoms with Gasteiger partial charge in [0, 0.05) is 24.1 Å². The van der Waals surface area contributed by atoms with Gasteiger partial charge in [0.1, 0.15) is 0 Å². The molecule has 0 amide bonds. The first kappa shape index (κ1) is 12.5. The first-order chi connectivity index (χ1) is 6.35. The van der Waals surface area contributed by atoms with Crippen LogP contribution >= 0.6 is 11.8 Å². The van der Waals surface area contributed by atoms with Gasteiger partial charge in [-0.1, -0.05) is 13.0 Å². The Morgan fingerprint density at radius 3 is 3.00 bits per heavy atom. The molecule has 1 unspecified atom stereocenters. The molecule has 0 spiro atoms. The summed E-state index contributed by atoms with van der Waals surface area (Å²) in [6.07, 6.45) is 3.56. The molecule has 1 N–H and O–H groups in total. The molecule has 1 atom stereocenters. The summed E-state index contributed by atoms with van der Waals surface area (Å²) >= 11 is 1.86. The Morgan fingerprint density at radius 2 is 2.46 bits per heavy atom. The Labute approximate surface area is 85.4 Å². The third-order valence-electron chi connectivity index (χ3n) is 1.75. The highest BCUT2D eigenvalue weighted by molar-refractivity contribution is 7.99. The minimum absolute atomic E-state index is 0.370. The van der Waals surface area contributed by atoms with E-state index in [9.17, 15) is 0 Å². The summed E-state index contributed by atoms with van der Waals surface area (Å²) in [6.45, 7) is 6.74. The summed E-state index contributed by atoms with van der Waals surface area (Å²) < 4.78 is 0. The molecule has 0 aliphatic carbocycles. The lowest BCUT2D eigenvalue weighted by molar-refractivity contribution is 0.524. The van der Waals surface area contributed by atoms with Crippen LogP contribution in [0.5, 0.6) is 0 Å². The molecule has 0 aliphatic heterocycles. The van der Waals surface area contributed by atoms with Crippen molar-refractivity contribution in [1.29, 1.82) is 5.26 Å². The van der Waals surface area contributed by atoms with Crippen molar-refractivity contribution in [2.75, 3.05) is 18.1 Å². The van der Waals surface area contributed by atoms with Gasteiger partial charge in [0.25, 0.3) is 0 Å². The number of nitrogens with one attached hydrogen (secondary N) is 1. The van der Waals surface area contributed by atoms with E-state index in [-0.39, 0.29) is 0 Å². The molecule has 0 aromatic heterocycles. The third-order valence-corrected chi connectivity index (χ3v) is 2.71. The predicted molar refractivity (Wildman–Crippen MR) is 59.8 cm³/mol. The van der Waals surface area contributed by atoms with Gasteiger partial charge in [-0.05, 0) is 6.42 Å². The van der Waals surface area contributed by atoms with Crippen LogP contribution in [0.25, 0.3) is 0 Å². The summed E-state index contributed by atoms with van der Waals surface area (Å²) in [5.41, 5.74) is 0. The van der Waals surface area contributed by atoms with E-state index in [4.69, 9.17) is 5.26 Å². The molecule has 3 heteroatoms. The van der Waals surface area contributed by atoms with Crippen LogP contribution in [0.4, 0.5) is 0 Å². The van der Waals surface area contributed by atoms with Crippen LogP contribution in [-0.2, 0) is 0 Å². The number of hydrogen-bond donors (Lipinski definition) is 1.